The molecule has 1 saturated heterocycles. The maximum atomic E-state index is 13.2. The first-order valence-electron chi connectivity index (χ1n) is 10.1. The number of amides is 3. The summed E-state index contributed by atoms with van der Waals surface area (Å²) in [5.74, 6) is -2.10. The molecule has 32 heavy (non-hydrogen) atoms. The number of hydrogen-bond donors (Lipinski definition) is 2. The molecule has 3 heterocycles. The van der Waals surface area contributed by atoms with Gasteiger partial charge in [-0.2, -0.15) is 0 Å². The van der Waals surface area contributed by atoms with Gasteiger partial charge in [-0.1, -0.05) is 13.0 Å². The van der Waals surface area contributed by atoms with Gasteiger partial charge in [0.25, 0.3) is 0 Å². The summed E-state index contributed by atoms with van der Waals surface area (Å²) in [4.78, 5) is 47.2. The molecule has 3 N–H and O–H groups in total. The molecule has 3 amide bonds. The van der Waals surface area contributed by atoms with E-state index in [2.05, 4.69) is 15.3 Å². The second kappa shape index (κ2) is 9.01. The third kappa shape index (κ3) is 4.32. The van der Waals surface area contributed by atoms with Gasteiger partial charge in [0.2, 0.25) is 5.91 Å². The van der Waals surface area contributed by atoms with Crippen molar-refractivity contribution >= 4 is 45.0 Å². The van der Waals surface area contributed by atoms with Crippen molar-refractivity contribution in [3.05, 3.63) is 53.3 Å². The van der Waals surface area contributed by atoms with Gasteiger partial charge in [0.15, 0.2) is 0 Å². The van der Waals surface area contributed by atoms with Gasteiger partial charge in [0.1, 0.15) is 0 Å². The summed E-state index contributed by atoms with van der Waals surface area (Å²) < 4.78 is 6.70. The zero-order valence-electron chi connectivity index (χ0n) is 17.6. The van der Waals surface area contributed by atoms with Crippen LogP contribution in [0, 0.1) is 5.92 Å². The average Bonchev–Trinajstić information content (AvgIpc) is 3.26. The van der Waals surface area contributed by atoms with Crippen LogP contribution < -0.4 is 11.1 Å². The summed E-state index contributed by atoms with van der Waals surface area (Å²) in [5.41, 5.74) is 9.15. The predicted molar refractivity (Wildman–Crippen MR) is 120 cm³/mol. The number of hydrogen-bond acceptors (Lipinski definition) is 7. The topological polar surface area (TPSA) is 128 Å². The number of piperidine rings is 1. The molecule has 1 aliphatic heterocycles. The number of carbonyl (C=O) groups is 3. The van der Waals surface area contributed by atoms with Crippen LogP contribution in [-0.4, -0.2) is 52.3 Å². The summed E-state index contributed by atoms with van der Waals surface area (Å²) in [6.07, 6.45) is 3.16. The van der Waals surface area contributed by atoms with Crippen LogP contribution >= 0.6 is 11.3 Å². The summed E-state index contributed by atoms with van der Waals surface area (Å²) in [6, 6.07) is 6.94. The predicted octanol–water partition coefficient (Wildman–Crippen LogP) is 2.35. The van der Waals surface area contributed by atoms with Crippen LogP contribution in [0.2, 0.25) is 0 Å². The minimum Gasteiger partial charge on any atom is -0.381 e. The average molecular weight is 454 g/mol. The third-order valence-electron chi connectivity index (χ3n) is 5.73. The number of fused-ring (bicyclic) bond motifs is 1. The van der Waals surface area contributed by atoms with E-state index in [1.807, 2.05) is 25.1 Å². The van der Waals surface area contributed by atoms with E-state index in [1.54, 1.807) is 28.9 Å². The maximum Gasteiger partial charge on any atom is 0.313 e. The van der Waals surface area contributed by atoms with Gasteiger partial charge in [0, 0.05) is 25.8 Å². The van der Waals surface area contributed by atoms with E-state index in [4.69, 9.17) is 10.5 Å². The normalized spacial score (nSPS) is 20.8. The molecule has 166 valence electrons. The second-order valence-corrected chi connectivity index (χ2v) is 8.71. The Hall–Kier alpha value is -3.37. The SMILES string of the molecule is CO[C@H]1C[C@H](c2ccc3scnc3c2)N(C(=O)C(=O)Nc2cncc(C(N)=O)c2)C[C@H]1C. The Balaban J connectivity index is 1.60. The molecule has 3 aromatic rings. The standard InChI is InChI=1S/C22H23N5O4S/c1-12-10-27(22(30)21(29)26-15-5-14(20(23)28)8-24-9-15)17(7-18(12)31-2)13-3-4-19-16(6-13)25-11-32-19/h3-6,8-9,11-12,17-18H,7,10H2,1-2H3,(H2,23,28)(H,26,29)/t12-,17-,18+/m1/s1. The molecule has 2 aromatic heterocycles. The molecule has 1 aromatic carbocycles. The molecule has 3 atom stereocenters. The Bertz CT molecular complexity index is 1180. The number of benzene rings is 1. The Morgan fingerprint density at radius 3 is 2.81 bits per heavy atom. The fourth-order valence-corrected chi connectivity index (χ4v) is 4.70. The van der Waals surface area contributed by atoms with Crippen molar-refractivity contribution in [2.24, 2.45) is 11.7 Å². The molecule has 0 saturated carbocycles. The van der Waals surface area contributed by atoms with Crippen LogP contribution in [0.1, 0.15) is 35.3 Å². The Morgan fingerprint density at radius 2 is 2.06 bits per heavy atom. The van der Waals surface area contributed by atoms with Crippen molar-refractivity contribution in [1.82, 2.24) is 14.9 Å². The lowest BCUT2D eigenvalue weighted by Gasteiger charge is -2.42. The van der Waals surface area contributed by atoms with Crippen molar-refractivity contribution in [1.29, 1.82) is 0 Å². The number of likely N-dealkylation sites (tertiary alicyclic amines) is 1. The number of nitrogens with one attached hydrogen (secondary N) is 1. The van der Waals surface area contributed by atoms with Gasteiger partial charge in [-0.25, -0.2) is 4.98 Å². The van der Waals surface area contributed by atoms with Gasteiger partial charge in [-0.3, -0.25) is 19.4 Å². The zero-order chi connectivity index (χ0) is 22.8. The highest BCUT2D eigenvalue weighted by molar-refractivity contribution is 7.16. The van der Waals surface area contributed by atoms with E-state index in [9.17, 15) is 14.4 Å². The van der Waals surface area contributed by atoms with Crippen LogP contribution in [0.3, 0.4) is 0 Å². The zero-order valence-corrected chi connectivity index (χ0v) is 18.5. The molecular formula is C22H23N5O4S. The number of aromatic nitrogens is 2. The highest BCUT2D eigenvalue weighted by Crippen LogP contribution is 2.36. The first-order valence-corrected chi connectivity index (χ1v) is 11.0. The van der Waals surface area contributed by atoms with Crippen LogP contribution in [0.25, 0.3) is 10.2 Å². The summed E-state index contributed by atoms with van der Waals surface area (Å²) >= 11 is 1.55. The number of primary amides is 1. The summed E-state index contributed by atoms with van der Waals surface area (Å²) in [7, 11) is 1.66. The van der Waals surface area contributed by atoms with E-state index in [0.29, 0.717) is 13.0 Å². The molecule has 1 fully saturated rings. The fourth-order valence-electron chi connectivity index (χ4n) is 4.04. The molecule has 10 heteroatoms. The number of ether oxygens (including phenoxy) is 1. The molecule has 0 spiro atoms. The first kappa shape index (κ1) is 21.8. The van der Waals surface area contributed by atoms with Crippen LogP contribution in [0.5, 0.6) is 0 Å². The summed E-state index contributed by atoms with van der Waals surface area (Å²) in [5, 5.41) is 2.53. The number of nitrogens with two attached hydrogens (primary N) is 1. The van der Waals surface area contributed by atoms with Gasteiger partial charge in [-0.05, 0) is 30.2 Å². The van der Waals surface area contributed by atoms with Crippen molar-refractivity contribution in [3.8, 4) is 0 Å². The number of pyridine rings is 1. The lowest BCUT2D eigenvalue weighted by molar-refractivity contribution is -0.149. The monoisotopic (exact) mass is 453 g/mol. The second-order valence-electron chi connectivity index (χ2n) is 7.82. The van der Waals surface area contributed by atoms with Crippen LogP contribution in [-0.2, 0) is 14.3 Å². The van der Waals surface area contributed by atoms with Gasteiger partial charge < -0.3 is 20.7 Å². The molecule has 0 unspecified atom stereocenters. The molecule has 0 radical (unpaired) electrons. The number of methoxy groups -OCH3 is 1. The Kier molecular flexibility index (Phi) is 6.15. The number of nitrogens with zero attached hydrogens (tertiary/aromatic N) is 3. The van der Waals surface area contributed by atoms with Crippen molar-refractivity contribution in [2.45, 2.75) is 25.5 Å². The van der Waals surface area contributed by atoms with Crippen molar-refractivity contribution in [3.63, 3.8) is 0 Å². The van der Waals surface area contributed by atoms with Crippen LogP contribution in [0.4, 0.5) is 5.69 Å². The minimum absolute atomic E-state index is 0.0466. The molecule has 4 rings (SSSR count). The number of anilines is 1. The van der Waals surface area contributed by atoms with E-state index >= 15 is 0 Å². The highest BCUT2D eigenvalue weighted by Gasteiger charge is 2.39. The molecule has 1 aliphatic rings. The quantitative estimate of drug-likeness (QED) is 0.584. The van der Waals surface area contributed by atoms with Gasteiger partial charge >= 0.3 is 11.8 Å². The lowest BCUT2D eigenvalue weighted by atomic mass is 9.87. The van der Waals surface area contributed by atoms with E-state index < -0.39 is 17.7 Å². The van der Waals surface area contributed by atoms with Crippen LogP contribution in [0.15, 0.2) is 42.2 Å². The van der Waals surface area contributed by atoms with E-state index in [0.717, 1.165) is 15.8 Å². The fraction of sp³-hybridized carbons (Fsp3) is 0.318. The van der Waals surface area contributed by atoms with Crippen molar-refractivity contribution in [2.75, 3.05) is 19.0 Å². The number of carbonyl (C=O) groups excluding carboxylic acids is 3. The molecule has 0 aliphatic carbocycles. The number of thiazole rings is 1. The smallest absolute Gasteiger partial charge is 0.313 e. The molecule has 9 nitrogen and oxygen atoms in total. The molecular weight excluding hydrogens is 430 g/mol. The van der Waals surface area contributed by atoms with E-state index in [1.165, 1.54) is 18.5 Å². The first-order chi connectivity index (χ1) is 15.4. The van der Waals surface area contributed by atoms with Gasteiger partial charge in [-0.15, -0.1) is 11.3 Å². The minimum atomic E-state index is -0.809. The Morgan fingerprint density at radius 1 is 1.25 bits per heavy atom. The largest absolute Gasteiger partial charge is 0.381 e. The maximum absolute atomic E-state index is 13.2. The van der Waals surface area contributed by atoms with Crippen molar-refractivity contribution < 1.29 is 19.1 Å². The van der Waals surface area contributed by atoms with E-state index in [-0.39, 0.29) is 29.3 Å². The lowest BCUT2D eigenvalue weighted by Crippen LogP contribution is -2.50. The summed E-state index contributed by atoms with van der Waals surface area (Å²) in [6.45, 7) is 2.36. The Labute approximate surface area is 188 Å². The third-order valence-corrected chi connectivity index (χ3v) is 6.54. The molecule has 0 bridgehead atoms. The number of rotatable bonds is 4. The van der Waals surface area contributed by atoms with Gasteiger partial charge in [0.05, 0.1) is 45.3 Å². The highest BCUT2D eigenvalue weighted by atomic mass is 32.1.